The smallest absolute Gasteiger partial charge is 0.458 e. The van der Waals surface area contributed by atoms with Crippen molar-refractivity contribution in [3.8, 4) is 0 Å². The first-order valence-electron chi connectivity index (χ1n) is 41.5. The monoisotopic (exact) mass is 1810 g/mol. The van der Waals surface area contributed by atoms with E-state index in [1.807, 2.05) is 13.8 Å². The van der Waals surface area contributed by atoms with Crippen molar-refractivity contribution in [2.75, 3.05) is 49.9 Å². The lowest BCUT2D eigenvalue weighted by atomic mass is 9.98. The number of benzene rings is 4. The Bertz CT molecular complexity index is 4580. The number of hydrogen-bond acceptors (Lipinski definition) is 20. The highest BCUT2D eigenvalue weighted by Gasteiger charge is 2.54. The number of phosphoric ester groups is 2. The highest BCUT2D eigenvalue weighted by atomic mass is 31.2. The minimum absolute atomic E-state index is 0.0559. The van der Waals surface area contributed by atoms with Gasteiger partial charge in [0.15, 0.2) is 0 Å². The maximum atomic E-state index is 14.9. The van der Waals surface area contributed by atoms with Gasteiger partial charge in [0.05, 0.1) is 12.2 Å². The molecule has 4 aromatic rings. The number of amides is 14. The Balaban J connectivity index is 0.000000245. The molecule has 14 amide bonds. The third-order valence-corrected chi connectivity index (χ3v) is 24.4. The SMILES string of the molecule is Cc1ccc(NC(=O)N[C@@H](Cc2cc(F)cc(F)c2)C(=O)N[C@@H]2C(=O)N3C[C@H](OP(=O)(O)O)C[C@H]3C(=O)N3CCCC[C@H]3C(=O)N[C@@H](C)C(=O)N3C[C@H](C)C[C@H]3C(=O)O[C@H]2C)cc1.Cc1ccc(NC(=O)N[C@@H](Cc2cc(F)cc(F)c2)C(=O)N[C@@H]2C(=O)N3C[C@H](OP(=O)(O)O)C[C@H]3C(=O)N3CCCC[C@H]3C(=O)N[C@@H](C)C(=O)N3C[C@H](C)C[C@H]3C(=O)O[C@H]2C)cc1. The van der Waals surface area contributed by atoms with Crippen molar-refractivity contribution in [1.82, 2.24) is 61.3 Å². The molecule has 8 saturated heterocycles. The van der Waals surface area contributed by atoms with Gasteiger partial charge in [-0.05, 0) is 164 Å². The standard InChI is InChI=1S/2C41H52F2N7O12P/c2*1-21-8-10-28(11-9-21)45-41(57)46-30(16-25-14-26(42)17-27(43)15-25)35(51)47-34-24(4)61-40(56)33-13-22(2)19-49(33)37(53)23(3)44-36(52)31-7-5-6-12-48(31)38(54)32-18-29(62-63(58,59)60)20-50(32)39(34)55/h2*8-11,14-15,17,22-24,29-34H,5-7,12-13,16,18-20H2,1-4H3,(H,44,52)(H,47,51)(H2,45,46,57)(H2,58,59,60)/t2*22-,23+,24+,29-,30+,31+,32+,33+,34+/m11/s1. The van der Waals surface area contributed by atoms with Gasteiger partial charge in [0.25, 0.3) is 0 Å². The maximum absolute atomic E-state index is 14.9. The summed E-state index contributed by atoms with van der Waals surface area (Å²) < 4.78 is 103. The van der Waals surface area contributed by atoms with Crippen LogP contribution >= 0.6 is 15.6 Å². The van der Waals surface area contributed by atoms with Crippen molar-refractivity contribution in [2.45, 2.75) is 229 Å². The summed E-state index contributed by atoms with van der Waals surface area (Å²) >= 11 is 0. The number of cyclic esters (lactones) is 2. The lowest BCUT2D eigenvalue weighted by molar-refractivity contribution is -0.163. The first-order valence-corrected chi connectivity index (χ1v) is 44.5. The van der Waals surface area contributed by atoms with Crippen LogP contribution in [-0.2, 0) is 98.0 Å². The molecule has 44 heteroatoms. The second-order valence-electron chi connectivity index (χ2n) is 33.4. The molecule has 8 fully saturated rings. The van der Waals surface area contributed by atoms with Gasteiger partial charge in [-0.25, -0.2) is 45.9 Å². The number of halogens is 4. The number of rotatable bonds is 16. The van der Waals surface area contributed by atoms with Crippen LogP contribution in [0.1, 0.15) is 128 Å². The highest BCUT2D eigenvalue weighted by molar-refractivity contribution is 7.46. The quantitative estimate of drug-likeness (QED) is 0.0435. The van der Waals surface area contributed by atoms with E-state index in [4.69, 9.17) is 18.5 Å². The molecule has 0 aromatic heterocycles. The number of hydrogen-bond donors (Lipinski definition) is 12. The van der Waals surface area contributed by atoms with E-state index in [0.29, 0.717) is 49.2 Å². The summed E-state index contributed by atoms with van der Waals surface area (Å²) in [5, 5.41) is 20.4. The average Bonchev–Trinajstić information content (AvgIpc) is 1.60. The Kier molecular flexibility index (Phi) is 30.9. The summed E-state index contributed by atoms with van der Waals surface area (Å²) in [7, 11) is -10.4. The summed E-state index contributed by atoms with van der Waals surface area (Å²) in [6.07, 6.45) is -5.29. The number of nitrogens with one attached hydrogen (secondary N) is 8. The van der Waals surface area contributed by atoms with Crippen LogP contribution in [0.15, 0.2) is 84.9 Å². The van der Waals surface area contributed by atoms with Crippen molar-refractivity contribution in [2.24, 2.45) is 11.8 Å². The number of aryl methyl sites for hydroxylation is 2. The molecule has 8 heterocycles. The fourth-order valence-corrected chi connectivity index (χ4v) is 18.3. The van der Waals surface area contributed by atoms with Crippen LogP contribution in [0.3, 0.4) is 0 Å². The van der Waals surface area contributed by atoms with E-state index in [2.05, 4.69) is 42.5 Å². The van der Waals surface area contributed by atoms with Crippen LogP contribution in [0.5, 0.6) is 0 Å². The molecular weight excluding hydrogens is 1700 g/mol. The summed E-state index contributed by atoms with van der Waals surface area (Å²) in [6.45, 7) is 11.8. The lowest BCUT2D eigenvalue weighted by Gasteiger charge is -2.39. The Morgan fingerprint density at radius 2 is 0.778 bits per heavy atom. The van der Waals surface area contributed by atoms with Gasteiger partial charge in [-0.3, -0.25) is 57.0 Å². The van der Waals surface area contributed by atoms with E-state index in [-0.39, 0.29) is 74.8 Å². The number of phosphoric acid groups is 2. The van der Waals surface area contributed by atoms with Crippen LogP contribution < -0.4 is 42.5 Å². The summed E-state index contributed by atoms with van der Waals surface area (Å²) in [4.78, 5) is 244. The Hall–Kier alpha value is -11.0. The molecule has 4 aromatic carbocycles. The molecule has 18 atom stereocenters. The Morgan fingerprint density at radius 1 is 0.444 bits per heavy atom. The van der Waals surface area contributed by atoms with E-state index in [9.17, 15) is 113 Å². The van der Waals surface area contributed by atoms with E-state index in [0.717, 1.165) is 45.2 Å². The largest absolute Gasteiger partial charge is 0.469 e. The zero-order chi connectivity index (χ0) is 91.8. The first-order chi connectivity index (χ1) is 59.3. The van der Waals surface area contributed by atoms with Gasteiger partial charge in [0.1, 0.15) is 108 Å². The molecule has 0 saturated carbocycles. The van der Waals surface area contributed by atoms with Crippen molar-refractivity contribution < 1.29 is 132 Å². The summed E-state index contributed by atoms with van der Waals surface area (Å²) in [5.41, 5.74) is 2.30. The molecule has 8 aliphatic rings. The minimum atomic E-state index is -5.20. The number of esters is 2. The zero-order valence-electron chi connectivity index (χ0n) is 70.2. The molecule has 12 N–H and O–H groups in total. The lowest BCUT2D eigenvalue weighted by Crippen LogP contribution is -2.63. The molecule has 0 unspecified atom stereocenters. The second kappa shape index (κ2) is 40.8. The Labute approximate surface area is 721 Å². The van der Waals surface area contributed by atoms with E-state index in [1.165, 1.54) is 47.3 Å². The van der Waals surface area contributed by atoms with Crippen molar-refractivity contribution in [3.63, 3.8) is 0 Å². The maximum Gasteiger partial charge on any atom is 0.469 e. The van der Waals surface area contributed by atoms with Gasteiger partial charge in [-0.1, -0.05) is 49.2 Å². The van der Waals surface area contributed by atoms with E-state index < -0.39 is 258 Å². The molecule has 0 spiro atoms. The first kappa shape index (κ1) is 95.7. The fraction of sp³-hybridized carbons (Fsp3) is 0.537. The fourth-order valence-electron chi connectivity index (χ4n) is 17.2. The van der Waals surface area contributed by atoms with Crippen LogP contribution in [0, 0.1) is 49.0 Å². The predicted molar refractivity (Wildman–Crippen MR) is 436 cm³/mol. The highest BCUT2D eigenvalue weighted by Crippen LogP contribution is 2.43. The number of ether oxygens (including phenoxy) is 2. The van der Waals surface area contributed by atoms with E-state index >= 15 is 0 Å². The number of carbonyl (C=O) groups is 14. The number of fused-ring (bicyclic) bond motifs is 6. The Morgan fingerprint density at radius 3 is 1.11 bits per heavy atom. The van der Waals surface area contributed by atoms with Gasteiger partial charge in [0.2, 0.25) is 59.1 Å². The van der Waals surface area contributed by atoms with E-state index in [1.54, 1.807) is 62.4 Å². The average molecular weight is 1810 g/mol. The molecule has 126 heavy (non-hydrogen) atoms. The predicted octanol–water partition coefficient (Wildman–Crippen LogP) is 3.28. The van der Waals surface area contributed by atoms with Crippen molar-refractivity contribution in [3.05, 3.63) is 130 Å². The molecule has 0 aliphatic carbocycles. The summed E-state index contributed by atoms with van der Waals surface area (Å²) in [6, 6.07) is -0.606. The van der Waals surface area contributed by atoms with Crippen LogP contribution in [0.25, 0.3) is 0 Å². The normalized spacial score (nSPS) is 27.7. The minimum Gasteiger partial charge on any atom is -0.458 e. The molecule has 684 valence electrons. The van der Waals surface area contributed by atoms with Gasteiger partial charge in [-0.2, -0.15) is 0 Å². The van der Waals surface area contributed by atoms with Crippen LogP contribution in [-0.4, -0.2) is 268 Å². The number of anilines is 2. The molecular formula is C82H104F4N14O24P2. The number of urea groups is 2. The second-order valence-corrected chi connectivity index (χ2v) is 35.8. The topological polar surface area (TPSA) is 507 Å². The third-order valence-electron chi connectivity index (χ3n) is 23.3. The third kappa shape index (κ3) is 24.4. The van der Waals surface area contributed by atoms with Gasteiger partial charge < -0.3 is 101 Å². The van der Waals surface area contributed by atoms with Crippen molar-refractivity contribution in [1.29, 1.82) is 0 Å². The van der Waals surface area contributed by atoms with Crippen molar-refractivity contribution >= 4 is 110 Å². The number of piperidine rings is 2. The van der Waals surface area contributed by atoms with Gasteiger partial charge in [0, 0.05) is 88.5 Å². The molecule has 38 nitrogen and oxygen atoms in total. The molecule has 8 aliphatic heterocycles. The number of carbonyl (C=O) groups excluding carboxylic acids is 14. The van der Waals surface area contributed by atoms with Crippen LogP contribution in [0.4, 0.5) is 38.5 Å². The van der Waals surface area contributed by atoms with Crippen LogP contribution in [0.2, 0.25) is 0 Å². The molecule has 0 bridgehead atoms. The summed E-state index contributed by atoms with van der Waals surface area (Å²) in [5.74, 6) is -14.7. The molecule has 0 radical (unpaired) electrons. The zero-order valence-corrected chi connectivity index (χ0v) is 72.0. The van der Waals surface area contributed by atoms with Gasteiger partial charge >= 0.3 is 39.6 Å². The number of nitrogens with zero attached hydrogens (tertiary/aromatic N) is 6. The van der Waals surface area contributed by atoms with Gasteiger partial charge in [-0.15, -0.1) is 0 Å². The molecule has 12 rings (SSSR count).